The zero-order chi connectivity index (χ0) is 15.5. The Hall–Kier alpha value is -1.89. The molecule has 116 valence electrons. The Morgan fingerprint density at radius 1 is 1.52 bits per heavy atom. The predicted octanol–water partition coefficient (Wildman–Crippen LogP) is 1.64. The van der Waals surface area contributed by atoms with Crippen LogP contribution in [0.4, 0.5) is 5.82 Å². The Labute approximate surface area is 123 Å². The summed E-state index contributed by atoms with van der Waals surface area (Å²) in [5, 5.41) is 15.7. The number of likely N-dealkylation sites (tertiary alicyclic amines) is 1. The van der Waals surface area contributed by atoms with Crippen LogP contribution in [0.5, 0.6) is 0 Å². The van der Waals surface area contributed by atoms with E-state index < -0.39 is 11.5 Å². The first-order chi connectivity index (χ1) is 9.91. The number of hydrogen-bond acceptors (Lipinski definition) is 5. The number of carbonyl (C=O) groups is 2. The fraction of sp³-hybridized carbons (Fsp3) is 0.643. The van der Waals surface area contributed by atoms with Crippen LogP contribution in [0.25, 0.3) is 0 Å². The molecule has 1 aromatic heterocycles. The molecule has 1 atom stereocenters. The molecular formula is C14H21N3O4. The number of piperidine rings is 1. The van der Waals surface area contributed by atoms with Gasteiger partial charge >= 0.3 is 5.97 Å². The normalized spacial score (nSPS) is 23.0. The standard InChI is InChI=1S/C14H21N3O4/c1-10-9-11(16-21-10)15-12(18)5-8-17-7-4-3-6-14(17,2)13(19)20/h9H,3-8H2,1-2H3,(H,19,20)(H,15,16,18). The number of amides is 1. The van der Waals surface area contributed by atoms with Crippen molar-refractivity contribution in [2.45, 2.75) is 45.1 Å². The lowest BCUT2D eigenvalue weighted by atomic mass is 9.88. The SMILES string of the molecule is Cc1cc(NC(=O)CCN2CCCCC2(C)C(=O)O)no1. The van der Waals surface area contributed by atoms with Crippen molar-refractivity contribution in [2.24, 2.45) is 0 Å². The topological polar surface area (TPSA) is 95.7 Å². The second-order valence-corrected chi connectivity index (χ2v) is 5.64. The van der Waals surface area contributed by atoms with Crippen molar-refractivity contribution < 1.29 is 19.2 Å². The summed E-state index contributed by atoms with van der Waals surface area (Å²) in [6.07, 6.45) is 2.72. The molecule has 7 nitrogen and oxygen atoms in total. The van der Waals surface area contributed by atoms with Crippen LogP contribution in [0.15, 0.2) is 10.6 Å². The minimum atomic E-state index is -0.872. The average molecular weight is 295 g/mol. The van der Waals surface area contributed by atoms with Crippen LogP contribution in [0.2, 0.25) is 0 Å². The fourth-order valence-electron chi connectivity index (χ4n) is 2.64. The average Bonchev–Trinajstić information content (AvgIpc) is 2.83. The van der Waals surface area contributed by atoms with Crippen LogP contribution in [0.1, 0.15) is 38.4 Å². The fourth-order valence-corrected chi connectivity index (χ4v) is 2.64. The molecule has 0 aromatic carbocycles. The highest BCUT2D eigenvalue weighted by molar-refractivity contribution is 5.89. The van der Waals surface area contributed by atoms with E-state index in [1.807, 2.05) is 4.90 Å². The van der Waals surface area contributed by atoms with Crippen LogP contribution in [0, 0.1) is 6.92 Å². The van der Waals surface area contributed by atoms with E-state index in [9.17, 15) is 14.7 Å². The van der Waals surface area contributed by atoms with Gasteiger partial charge in [0.05, 0.1) is 0 Å². The van der Waals surface area contributed by atoms with Gasteiger partial charge in [0.2, 0.25) is 5.91 Å². The molecule has 1 aliphatic heterocycles. The zero-order valence-electron chi connectivity index (χ0n) is 12.4. The van der Waals surface area contributed by atoms with Gasteiger partial charge in [0.15, 0.2) is 5.82 Å². The molecule has 1 saturated heterocycles. The van der Waals surface area contributed by atoms with E-state index in [2.05, 4.69) is 10.5 Å². The zero-order valence-corrected chi connectivity index (χ0v) is 12.4. The number of aryl methyl sites for hydroxylation is 1. The van der Waals surface area contributed by atoms with Crippen LogP contribution >= 0.6 is 0 Å². The Kier molecular flexibility index (Phi) is 4.62. The summed E-state index contributed by atoms with van der Waals surface area (Å²) in [5.74, 6) is -0.00623. The third kappa shape index (κ3) is 3.60. The molecular weight excluding hydrogens is 274 g/mol. The first kappa shape index (κ1) is 15.5. The number of carboxylic acids is 1. The van der Waals surface area contributed by atoms with Gasteiger partial charge in [0.25, 0.3) is 0 Å². The van der Waals surface area contributed by atoms with Crippen molar-refractivity contribution in [2.75, 3.05) is 18.4 Å². The van der Waals surface area contributed by atoms with Crippen molar-refractivity contribution in [1.82, 2.24) is 10.1 Å². The third-order valence-electron chi connectivity index (χ3n) is 4.00. The van der Waals surface area contributed by atoms with Crippen LogP contribution in [0.3, 0.4) is 0 Å². The molecule has 1 unspecified atom stereocenters. The number of rotatable bonds is 5. The van der Waals surface area contributed by atoms with Crippen LogP contribution in [-0.2, 0) is 9.59 Å². The number of nitrogens with zero attached hydrogens (tertiary/aromatic N) is 2. The molecule has 2 N–H and O–H groups in total. The summed E-state index contributed by atoms with van der Waals surface area (Å²) in [6, 6.07) is 1.64. The number of carboxylic acid groups (broad SMARTS) is 1. The lowest BCUT2D eigenvalue weighted by Crippen LogP contribution is -2.55. The lowest BCUT2D eigenvalue weighted by molar-refractivity contribution is -0.153. The van der Waals surface area contributed by atoms with E-state index in [0.717, 1.165) is 12.8 Å². The van der Waals surface area contributed by atoms with E-state index in [1.165, 1.54) is 0 Å². The van der Waals surface area contributed by atoms with E-state index in [-0.39, 0.29) is 12.3 Å². The van der Waals surface area contributed by atoms with Crippen molar-refractivity contribution in [3.8, 4) is 0 Å². The van der Waals surface area contributed by atoms with Crippen LogP contribution < -0.4 is 5.32 Å². The number of nitrogens with one attached hydrogen (secondary N) is 1. The number of hydrogen-bond donors (Lipinski definition) is 2. The van der Waals surface area contributed by atoms with Gasteiger partial charge in [-0.3, -0.25) is 14.5 Å². The minimum absolute atomic E-state index is 0.193. The van der Waals surface area contributed by atoms with Gasteiger partial charge in [0.1, 0.15) is 11.3 Å². The van der Waals surface area contributed by atoms with E-state index >= 15 is 0 Å². The Balaban J connectivity index is 1.88. The smallest absolute Gasteiger partial charge is 0.323 e. The van der Waals surface area contributed by atoms with E-state index in [1.54, 1.807) is 19.9 Å². The van der Waals surface area contributed by atoms with Crippen molar-refractivity contribution in [1.29, 1.82) is 0 Å². The number of aliphatic carboxylic acids is 1. The molecule has 1 aliphatic rings. The van der Waals surface area contributed by atoms with Crippen molar-refractivity contribution >= 4 is 17.7 Å². The predicted molar refractivity (Wildman–Crippen MR) is 76.0 cm³/mol. The summed E-state index contributed by atoms with van der Waals surface area (Å²) in [5.41, 5.74) is -0.872. The second-order valence-electron chi connectivity index (χ2n) is 5.64. The molecule has 2 heterocycles. The molecule has 1 fully saturated rings. The maximum Gasteiger partial charge on any atom is 0.323 e. The van der Waals surface area contributed by atoms with Crippen molar-refractivity contribution in [3.63, 3.8) is 0 Å². The molecule has 0 saturated carbocycles. The number of aromatic nitrogens is 1. The van der Waals surface area contributed by atoms with E-state index in [4.69, 9.17) is 4.52 Å². The van der Waals surface area contributed by atoms with Crippen molar-refractivity contribution in [3.05, 3.63) is 11.8 Å². The summed E-state index contributed by atoms with van der Waals surface area (Å²) in [4.78, 5) is 25.2. The van der Waals surface area contributed by atoms with Gasteiger partial charge in [-0.05, 0) is 39.7 Å². The Bertz CT molecular complexity index is 528. The van der Waals surface area contributed by atoms with Gasteiger partial charge < -0.3 is 14.9 Å². The number of carbonyl (C=O) groups excluding carboxylic acids is 1. The molecule has 1 amide bonds. The molecule has 0 aliphatic carbocycles. The molecule has 0 bridgehead atoms. The van der Waals surface area contributed by atoms with Gasteiger partial charge in [0, 0.05) is 19.0 Å². The number of anilines is 1. The second kappa shape index (κ2) is 6.26. The van der Waals surface area contributed by atoms with Gasteiger partial charge in [-0.15, -0.1) is 0 Å². The summed E-state index contributed by atoms with van der Waals surface area (Å²) >= 11 is 0. The molecule has 1 aromatic rings. The third-order valence-corrected chi connectivity index (χ3v) is 4.00. The Morgan fingerprint density at radius 2 is 2.29 bits per heavy atom. The summed E-state index contributed by atoms with van der Waals surface area (Å²) < 4.78 is 4.87. The molecule has 7 heteroatoms. The minimum Gasteiger partial charge on any atom is -0.480 e. The monoisotopic (exact) mass is 295 g/mol. The maximum atomic E-state index is 11.9. The molecule has 0 radical (unpaired) electrons. The van der Waals surface area contributed by atoms with Gasteiger partial charge in [-0.25, -0.2) is 0 Å². The van der Waals surface area contributed by atoms with Gasteiger partial charge in [-0.2, -0.15) is 0 Å². The first-order valence-electron chi connectivity index (χ1n) is 7.13. The molecule has 0 spiro atoms. The first-order valence-corrected chi connectivity index (χ1v) is 7.13. The highest BCUT2D eigenvalue weighted by Gasteiger charge is 2.41. The molecule has 2 rings (SSSR count). The molecule has 21 heavy (non-hydrogen) atoms. The van der Waals surface area contributed by atoms with Gasteiger partial charge in [-0.1, -0.05) is 5.16 Å². The van der Waals surface area contributed by atoms with Crippen LogP contribution in [-0.4, -0.2) is 45.7 Å². The highest BCUT2D eigenvalue weighted by atomic mass is 16.5. The Morgan fingerprint density at radius 3 is 2.90 bits per heavy atom. The largest absolute Gasteiger partial charge is 0.480 e. The quantitative estimate of drug-likeness (QED) is 0.857. The summed E-state index contributed by atoms with van der Waals surface area (Å²) in [7, 11) is 0. The summed E-state index contributed by atoms with van der Waals surface area (Å²) in [6.45, 7) is 4.60. The van der Waals surface area contributed by atoms with E-state index in [0.29, 0.717) is 31.1 Å². The lowest BCUT2D eigenvalue weighted by Gasteiger charge is -2.41. The maximum absolute atomic E-state index is 11.9. The highest BCUT2D eigenvalue weighted by Crippen LogP contribution is 2.28.